The van der Waals surface area contributed by atoms with Crippen molar-refractivity contribution in [3.05, 3.63) is 10.6 Å². The van der Waals surface area contributed by atoms with E-state index in [1.165, 1.54) is 0 Å². The molecule has 1 saturated carbocycles. The van der Waals surface area contributed by atoms with Gasteiger partial charge in [0.2, 0.25) is 0 Å². The molecule has 0 aromatic carbocycles. The summed E-state index contributed by atoms with van der Waals surface area (Å²) < 4.78 is 37.3. The smallest absolute Gasteiger partial charge is 0.375 e. The molecule has 1 amide bonds. The van der Waals surface area contributed by atoms with Gasteiger partial charge in [-0.25, -0.2) is 4.98 Å². The summed E-state index contributed by atoms with van der Waals surface area (Å²) in [4.78, 5) is 17.0. The molecule has 1 heterocycles. The quantitative estimate of drug-likeness (QED) is 0.922. The van der Waals surface area contributed by atoms with Gasteiger partial charge in [-0.1, -0.05) is 11.3 Å². The number of hydrogen-bond donors (Lipinski definition) is 1. The highest BCUT2D eigenvalue weighted by molar-refractivity contribution is 7.17. The van der Waals surface area contributed by atoms with Crippen molar-refractivity contribution >= 4 is 22.4 Å². The van der Waals surface area contributed by atoms with Gasteiger partial charge in [0.05, 0.1) is 5.69 Å². The fourth-order valence-electron chi connectivity index (χ4n) is 1.69. The molecule has 18 heavy (non-hydrogen) atoms. The van der Waals surface area contributed by atoms with E-state index in [0.717, 1.165) is 16.2 Å². The van der Waals surface area contributed by atoms with Crippen LogP contribution in [-0.4, -0.2) is 34.6 Å². The molecule has 2 rings (SSSR count). The second kappa shape index (κ2) is 4.42. The summed E-state index contributed by atoms with van der Waals surface area (Å²) in [5.74, 6) is -0.624. The lowest BCUT2D eigenvalue weighted by atomic mass is 10.3. The van der Waals surface area contributed by atoms with Crippen molar-refractivity contribution in [3.63, 3.8) is 0 Å². The fourth-order valence-corrected chi connectivity index (χ4v) is 2.48. The molecule has 1 aliphatic carbocycles. The molecule has 0 spiro atoms. The zero-order valence-electron chi connectivity index (χ0n) is 9.62. The van der Waals surface area contributed by atoms with Crippen LogP contribution in [0.2, 0.25) is 0 Å². The Morgan fingerprint density at radius 3 is 2.56 bits per heavy atom. The lowest BCUT2D eigenvalue weighted by Gasteiger charge is -2.23. The van der Waals surface area contributed by atoms with Crippen LogP contribution in [0.4, 0.5) is 18.3 Å². The normalized spacial score (nSPS) is 15.8. The molecule has 4 nitrogen and oxygen atoms in total. The third-order valence-corrected chi connectivity index (χ3v) is 3.58. The SMILES string of the molecule is Cc1nc(N)sc1C(=O)N(CC(F)(F)F)C1CC1. The van der Waals surface area contributed by atoms with Crippen LogP contribution in [0.25, 0.3) is 0 Å². The number of thiazole rings is 1. The van der Waals surface area contributed by atoms with Gasteiger partial charge in [-0.15, -0.1) is 0 Å². The molecular weight excluding hydrogens is 267 g/mol. The zero-order valence-corrected chi connectivity index (χ0v) is 10.4. The largest absolute Gasteiger partial charge is 0.406 e. The maximum atomic E-state index is 12.4. The molecule has 1 aliphatic rings. The number of anilines is 1. The number of carbonyl (C=O) groups excluding carboxylic acids is 1. The number of nitrogens with zero attached hydrogens (tertiary/aromatic N) is 2. The van der Waals surface area contributed by atoms with Crippen LogP contribution in [-0.2, 0) is 0 Å². The van der Waals surface area contributed by atoms with Crippen LogP contribution in [0.1, 0.15) is 28.2 Å². The Labute approximate surface area is 106 Å². The minimum Gasteiger partial charge on any atom is -0.375 e. The number of nitrogens with two attached hydrogens (primary N) is 1. The molecule has 0 bridgehead atoms. The highest BCUT2D eigenvalue weighted by Gasteiger charge is 2.41. The van der Waals surface area contributed by atoms with Crippen molar-refractivity contribution in [1.29, 1.82) is 0 Å². The van der Waals surface area contributed by atoms with Crippen molar-refractivity contribution in [2.24, 2.45) is 0 Å². The highest BCUT2D eigenvalue weighted by atomic mass is 32.1. The van der Waals surface area contributed by atoms with E-state index in [1.54, 1.807) is 6.92 Å². The van der Waals surface area contributed by atoms with Crippen molar-refractivity contribution in [2.75, 3.05) is 12.3 Å². The third kappa shape index (κ3) is 2.92. The number of amides is 1. The van der Waals surface area contributed by atoms with E-state index in [2.05, 4.69) is 4.98 Å². The van der Waals surface area contributed by atoms with Crippen molar-refractivity contribution in [1.82, 2.24) is 9.88 Å². The molecule has 0 atom stereocenters. The van der Waals surface area contributed by atoms with E-state index in [9.17, 15) is 18.0 Å². The van der Waals surface area contributed by atoms with Gasteiger partial charge in [-0.05, 0) is 19.8 Å². The highest BCUT2D eigenvalue weighted by Crippen LogP contribution is 2.33. The van der Waals surface area contributed by atoms with E-state index in [4.69, 9.17) is 5.73 Å². The predicted octanol–water partition coefficient (Wildman–Crippen LogP) is 2.20. The number of aromatic nitrogens is 1. The summed E-state index contributed by atoms with van der Waals surface area (Å²) in [5, 5.41) is 0.193. The molecular formula is C10H12F3N3OS. The Hall–Kier alpha value is -1.31. The predicted molar refractivity (Wildman–Crippen MR) is 61.4 cm³/mol. The lowest BCUT2D eigenvalue weighted by Crippen LogP contribution is -2.40. The fraction of sp³-hybridized carbons (Fsp3) is 0.600. The van der Waals surface area contributed by atoms with Crippen LogP contribution in [0.3, 0.4) is 0 Å². The van der Waals surface area contributed by atoms with Crippen molar-refractivity contribution < 1.29 is 18.0 Å². The molecule has 8 heteroatoms. The first-order valence-corrected chi connectivity index (χ1v) is 6.20. The molecule has 2 N–H and O–H groups in total. The average Bonchev–Trinajstić information content (AvgIpc) is 2.99. The minimum atomic E-state index is -4.39. The van der Waals surface area contributed by atoms with Gasteiger partial charge in [0, 0.05) is 6.04 Å². The van der Waals surface area contributed by atoms with Crippen LogP contribution in [0.5, 0.6) is 0 Å². The molecule has 0 saturated heterocycles. The first-order chi connectivity index (χ1) is 8.28. The maximum absolute atomic E-state index is 12.4. The molecule has 1 aromatic heterocycles. The third-order valence-electron chi connectivity index (χ3n) is 2.61. The van der Waals surface area contributed by atoms with Gasteiger partial charge >= 0.3 is 6.18 Å². The Morgan fingerprint density at radius 2 is 2.17 bits per heavy atom. The number of aryl methyl sites for hydroxylation is 1. The summed E-state index contributed by atoms with van der Waals surface area (Å²) in [6.07, 6.45) is -3.15. The minimum absolute atomic E-state index is 0.193. The number of halogens is 3. The second-order valence-electron chi connectivity index (χ2n) is 4.25. The van der Waals surface area contributed by atoms with Gasteiger partial charge < -0.3 is 10.6 Å². The summed E-state index contributed by atoms with van der Waals surface area (Å²) in [6, 6.07) is -0.304. The number of rotatable bonds is 3. The second-order valence-corrected chi connectivity index (χ2v) is 5.28. The van der Waals surface area contributed by atoms with Gasteiger partial charge in [0.1, 0.15) is 11.4 Å². The number of hydrogen-bond acceptors (Lipinski definition) is 4. The van der Waals surface area contributed by atoms with Crippen LogP contribution in [0, 0.1) is 6.92 Å². The molecule has 1 fully saturated rings. The summed E-state index contributed by atoms with van der Waals surface area (Å²) in [6.45, 7) is 0.354. The standard InChI is InChI=1S/C10H12F3N3OS/c1-5-7(18-9(14)15-5)8(17)16(6-2-3-6)4-10(11,12)13/h6H,2-4H2,1H3,(H2,14,15). The van der Waals surface area contributed by atoms with Gasteiger partial charge in [-0.2, -0.15) is 13.2 Å². The van der Waals surface area contributed by atoms with Crippen molar-refractivity contribution in [3.8, 4) is 0 Å². The molecule has 1 aromatic rings. The molecule has 0 radical (unpaired) electrons. The van der Waals surface area contributed by atoms with Gasteiger partial charge in [-0.3, -0.25) is 4.79 Å². The Bertz CT molecular complexity index is 467. The zero-order chi connectivity index (χ0) is 13.5. The topological polar surface area (TPSA) is 59.2 Å². The van der Waals surface area contributed by atoms with E-state index >= 15 is 0 Å². The van der Waals surface area contributed by atoms with E-state index in [1.807, 2.05) is 0 Å². The summed E-state index contributed by atoms with van der Waals surface area (Å²) >= 11 is 0.930. The Morgan fingerprint density at radius 1 is 1.56 bits per heavy atom. The monoisotopic (exact) mass is 279 g/mol. The van der Waals surface area contributed by atoms with Crippen LogP contribution < -0.4 is 5.73 Å². The van der Waals surface area contributed by atoms with E-state index in [0.29, 0.717) is 18.5 Å². The molecule has 0 unspecified atom stereocenters. The van der Waals surface area contributed by atoms with Crippen LogP contribution in [0.15, 0.2) is 0 Å². The Balaban J connectivity index is 2.21. The van der Waals surface area contributed by atoms with Gasteiger partial charge in [0.15, 0.2) is 5.13 Å². The average molecular weight is 279 g/mol. The first-order valence-electron chi connectivity index (χ1n) is 5.38. The van der Waals surface area contributed by atoms with Gasteiger partial charge in [0.25, 0.3) is 5.91 Å². The maximum Gasteiger partial charge on any atom is 0.406 e. The van der Waals surface area contributed by atoms with Crippen LogP contribution >= 0.6 is 11.3 Å². The lowest BCUT2D eigenvalue weighted by molar-refractivity contribution is -0.141. The number of carbonyl (C=O) groups is 1. The number of alkyl halides is 3. The first kappa shape index (κ1) is 13.1. The van der Waals surface area contributed by atoms with E-state index in [-0.39, 0.29) is 16.1 Å². The summed E-state index contributed by atoms with van der Waals surface area (Å²) in [7, 11) is 0. The van der Waals surface area contributed by atoms with Crippen molar-refractivity contribution in [2.45, 2.75) is 32.0 Å². The van der Waals surface area contributed by atoms with E-state index < -0.39 is 18.6 Å². The number of nitrogen functional groups attached to an aromatic ring is 1. The Kier molecular flexibility index (Phi) is 3.22. The molecule has 0 aliphatic heterocycles. The summed E-state index contributed by atoms with van der Waals surface area (Å²) in [5.41, 5.74) is 5.84. The molecule has 100 valence electrons.